The third-order valence-corrected chi connectivity index (χ3v) is 1.22. The topological polar surface area (TPSA) is 77.4 Å². The molecule has 0 aliphatic carbocycles. The Labute approximate surface area is 128 Å². The van der Waals surface area contributed by atoms with Gasteiger partial charge >= 0.3 is 51.4 Å². The van der Waals surface area contributed by atoms with E-state index in [1.54, 1.807) is 24.3 Å². The van der Waals surface area contributed by atoms with E-state index in [9.17, 15) is 4.79 Å². The molecular weight excluding hydrogens is 235 g/mol. The van der Waals surface area contributed by atoms with Crippen LogP contribution >= 0.6 is 11.6 Å². The fourth-order valence-corrected chi connectivity index (χ4v) is 0.695. The van der Waals surface area contributed by atoms with Crippen LogP contribution in [0.1, 0.15) is 10.4 Å². The molecule has 70 valence electrons. The van der Waals surface area contributed by atoms with Crippen LogP contribution in [0.3, 0.4) is 0 Å². The zero-order valence-corrected chi connectivity index (χ0v) is 11.3. The van der Waals surface area contributed by atoms with E-state index in [4.69, 9.17) is 26.6 Å². The summed E-state index contributed by atoms with van der Waals surface area (Å²) in [5.74, 6) is 0. The van der Waals surface area contributed by atoms with Crippen LogP contribution in [0, 0.1) is 0 Å². The van der Waals surface area contributed by atoms with Crippen LogP contribution in [0.25, 0.3) is 0 Å². The molecular formula is C8H6ClKO4. The van der Waals surface area contributed by atoms with Crippen LogP contribution in [-0.2, 0) is 0 Å². The molecule has 0 unspecified atom stereocenters. The van der Waals surface area contributed by atoms with Gasteiger partial charge in [0.1, 0.15) is 0 Å². The van der Waals surface area contributed by atoms with E-state index in [1.807, 2.05) is 6.07 Å². The average molecular weight is 241 g/mol. The first-order chi connectivity index (χ1) is 6.04. The molecule has 0 aliphatic rings. The Morgan fingerprint density at radius 2 is 1.57 bits per heavy atom. The van der Waals surface area contributed by atoms with Crippen molar-refractivity contribution >= 4 is 23.0 Å². The molecule has 4 nitrogen and oxygen atoms in total. The van der Waals surface area contributed by atoms with E-state index in [0.29, 0.717) is 5.56 Å². The Balaban J connectivity index is 0. The molecule has 0 heterocycles. The molecule has 0 bridgehead atoms. The van der Waals surface area contributed by atoms with E-state index in [1.165, 1.54) is 0 Å². The minimum atomic E-state index is -2.08. The quantitative estimate of drug-likeness (QED) is 0.453. The monoisotopic (exact) mass is 240 g/mol. The number of rotatable bonds is 1. The van der Waals surface area contributed by atoms with Gasteiger partial charge in [0.15, 0.2) is 0 Å². The predicted octanol–water partition coefficient (Wildman–Crippen LogP) is -2.04. The Bertz CT molecular complexity index is 285. The molecule has 0 atom stereocenters. The van der Waals surface area contributed by atoms with Gasteiger partial charge in [0.25, 0.3) is 5.24 Å². The Hall–Kier alpha value is 0.0864. The molecule has 14 heavy (non-hydrogen) atoms. The molecule has 0 fully saturated rings. The zero-order chi connectivity index (χ0) is 10.3. The minimum Gasteiger partial charge on any atom is -0.565 e. The molecule has 0 amide bonds. The molecule has 1 aromatic carbocycles. The van der Waals surface area contributed by atoms with Gasteiger partial charge < -0.3 is 15.0 Å². The van der Waals surface area contributed by atoms with E-state index in [0.717, 1.165) is 0 Å². The Kier molecular flexibility index (Phi) is 11.4. The number of benzene rings is 1. The Morgan fingerprint density at radius 3 is 1.79 bits per heavy atom. The largest absolute Gasteiger partial charge is 1.00 e. The first-order valence-corrected chi connectivity index (χ1v) is 3.56. The molecule has 0 aliphatic heterocycles. The third kappa shape index (κ3) is 10.2. The van der Waals surface area contributed by atoms with Crippen molar-refractivity contribution in [2.45, 2.75) is 0 Å². The summed E-state index contributed by atoms with van der Waals surface area (Å²) in [6.07, 6.45) is -2.08. The molecule has 0 aromatic heterocycles. The second-order valence-corrected chi connectivity index (χ2v) is 2.25. The normalized spacial score (nSPS) is 7.50. The van der Waals surface area contributed by atoms with Gasteiger partial charge in [-0.15, -0.1) is 0 Å². The fraction of sp³-hybridized carbons (Fsp3) is 0. The van der Waals surface area contributed by atoms with Crippen molar-refractivity contribution in [1.29, 1.82) is 0 Å². The van der Waals surface area contributed by atoms with Gasteiger partial charge in [-0.25, -0.2) is 0 Å². The minimum absolute atomic E-state index is 0. The maximum Gasteiger partial charge on any atom is 1.00 e. The maximum atomic E-state index is 10.4. The van der Waals surface area contributed by atoms with Crippen LogP contribution in [0.2, 0.25) is 0 Å². The van der Waals surface area contributed by atoms with Gasteiger partial charge in [-0.05, 0) is 11.6 Å². The number of carbonyl (C=O) groups excluding carboxylic acids is 1. The van der Waals surface area contributed by atoms with Crippen LogP contribution < -0.4 is 56.5 Å². The van der Waals surface area contributed by atoms with Crippen molar-refractivity contribution in [3.8, 4) is 0 Å². The molecule has 0 spiro atoms. The smallest absolute Gasteiger partial charge is 0.565 e. The van der Waals surface area contributed by atoms with Gasteiger partial charge in [-0.1, -0.05) is 30.3 Å². The van der Waals surface area contributed by atoms with E-state index >= 15 is 0 Å². The Morgan fingerprint density at radius 1 is 1.21 bits per heavy atom. The molecule has 0 radical (unpaired) electrons. The van der Waals surface area contributed by atoms with Crippen molar-refractivity contribution in [2.24, 2.45) is 0 Å². The number of carboxylic acid groups (broad SMARTS) is 2. The molecule has 6 heteroatoms. The van der Waals surface area contributed by atoms with Crippen molar-refractivity contribution in [3.63, 3.8) is 0 Å². The second kappa shape index (κ2) is 9.63. The van der Waals surface area contributed by atoms with Crippen molar-refractivity contribution < 1.29 is 71.2 Å². The zero-order valence-electron chi connectivity index (χ0n) is 7.44. The van der Waals surface area contributed by atoms with Gasteiger partial charge in [-0.2, -0.15) is 0 Å². The van der Waals surface area contributed by atoms with Crippen molar-refractivity contribution in [3.05, 3.63) is 35.9 Å². The molecule has 1 N–H and O–H groups in total. The number of halogens is 1. The molecule has 0 saturated heterocycles. The van der Waals surface area contributed by atoms with Crippen LogP contribution in [0.15, 0.2) is 30.3 Å². The van der Waals surface area contributed by atoms with Crippen LogP contribution in [-0.4, -0.2) is 16.5 Å². The summed E-state index contributed by atoms with van der Waals surface area (Å²) in [6, 6.07) is 8.74. The van der Waals surface area contributed by atoms with Crippen molar-refractivity contribution in [2.75, 3.05) is 0 Å². The average Bonchev–Trinajstić information content (AvgIpc) is 2.05. The van der Waals surface area contributed by atoms with Gasteiger partial charge in [0.2, 0.25) is 6.16 Å². The van der Waals surface area contributed by atoms with Gasteiger partial charge in [0, 0.05) is 5.56 Å². The van der Waals surface area contributed by atoms with E-state index in [2.05, 4.69) is 0 Å². The first kappa shape index (κ1) is 16.5. The van der Waals surface area contributed by atoms with Gasteiger partial charge in [-0.3, -0.25) is 4.79 Å². The molecule has 1 aromatic rings. The summed E-state index contributed by atoms with van der Waals surface area (Å²) in [5.41, 5.74) is 0.541. The molecule has 1 rings (SSSR count). The number of hydrogen-bond acceptors (Lipinski definition) is 3. The number of hydrogen-bond donors (Lipinski definition) is 1. The summed E-state index contributed by atoms with van der Waals surface area (Å²) in [5, 5.41) is 14.9. The van der Waals surface area contributed by atoms with Crippen LogP contribution in [0.5, 0.6) is 0 Å². The summed E-state index contributed by atoms with van der Waals surface area (Å²) in [7, 11) is 0. The molecule has 0 saturated carbocycles. The first-order valence-electron chi connectivity index (χ1n) is 3.19. The third-order valence-electron chi connectivity index (χ3n) is 1.00. The second-order valence-electron chi connectivity index (χ2n) is 1.91. The standard InChI is InChI=1S/C7H5ClO.CH2O3.K/c8-7(9)6-4-2-1-3-5-6;2-1(3)4;/h1-5H;(H2,2,3,4);/q;;+1/p-1. The van der Waals surface area contributed by atoms with Crippen LogP contribution in [0.4, 0.5) is 4.79 Å². The van der Waals surface area contributed by atoms with Gasteiger partial charge in [0.05, 0.1) is 0 Å². The maximum absolute atomic E-state index is 10.4. The SMILES string of the molecule is O=C(Cl)c1ccccc1.O=C([O-])O.[K+]. The number of carbonyl (C=O) groups is 2. The predicted molar refractivity (Wildman–Crippen MR) is 44.7 cm³/mol. The summed E-state index contributed by atoms with van der Waals surface area (Å²) >= 11 is 5.16. The summed E-state index contributed by atoms with van der Waals surface area (Å²) in [4.78, 5) is 18.9. The fourth-order valence-electron chi connectivity index (χ4n) is 0.569. The summed E-state index contributed by atoms with van der Waals surface area (Å²) in [6.45, 7) is 0. The van der Waals surface area contributed by atoms with E-state index in [-0.39, 0.29) is 51.4 Å². The van der Waals surface area contributed by atoms with E-state index < -0.39 is 11.4 Å². The van der Waals surface area contributed by atoms with Crippen molar-refractivity contribution in [1.82, 2.24) is 0 Å². The summed E-state index contributed by atoms with van der Waals surface area (Å²) < 4.78 is 0.